The monoisotopic (exact) mass is 255 g/mol. The molecule has 2 aromatic rings. The minimum absolute atomic E-state index is 0.251. The normalized spacial score (nSPS) is 10.8. The Labute approximate surface area is 87.9 Å². The maximum atomic E-state index is 13.4. The van der Waals surface area contributed by atoms with Crippen LogP contribution in [0.25, 0.3) is 10.9 Å². The van der Waals surface area contributed by atoms with Gasteiger partial charge in [0, 0.05) is 15.4 Å². The molecular weight excluding hydrogens is 249 g/mol. The van der Waals surface area contributed by atoms with Gasteiger partial charge in [-0.3, -0.25) is 4.79 Å². The molecule has 0 bridgehead atoms. The largest absolute Gasteiger partial charge is 0.319 e. The highest BCUT2D eigenvalue weighted by molar-refractivity contribution is 9.10. The van der Waals surface area contributed by atoms with Crippen molar-refractivity contribution in [2.45, 2.75) is 6.92 Å². The minimum Gasteiger partial charge on any atom is -0.319 e. The molecule has 0 amide bonds. The third kappa shape index (κ3) is 1.46. The number of aryl methyl sites for hydroxylation is 1. The Morgan fingerprint density at radius 3 is 2.79 bits per heavy atom. The van der Waals surface area contributed by atoms with Crippen LogP contribution in [0.4, 0.5) is 4.39 Å². The summed E-state index contributed by atoms with van der Waals surface area (Å²) in [5.74, 6) is -0.425. The van der Waals surface area contributed by atoms with Crippen molar-refractivity contribution in [2.75, 3.05) is 0 Å². The fourth-order valence-electron chi connectivity index (χ4n) is 1.35. The Balaban J connectivity index is 2.96. The van der Waals surface area contributed by atoms with Gasteiger partial charge >= 0.3 is 0 Å². The maximum Gasteiger partial charge on any atom is 0.251 e. The molecule has 0 radical (unpaired) electrons. The second kappa shape index (κ2) is 3.20. The van der Waals surface area contributed by atoms with Gasteiger partial charge in [0.15, 0.2) is 0 Å². The average Bonchev–Trinajstić information content (AvgIpc) is 2.08. The molecular formula is C10H7BrFNO. The average molecular weight is 256 g/mol. The summed E-state index contributed by atoms with van der Waals surface area (Å²) in [4.78, 5) is 13.7. The summed E-state index contributed by atoms with van der Waals surface area (Å²) >= 11 is 3.19. The standard InChI is InChI=1S/C10H7BrFNO/c1-5-2-6-3-7(11)4-8(12)9(6)13-10(5)14/h2-4H,1H3,(H,13,14). The first-order valence-corrected chi connectivity index (χ1v) is 4.86. The fourth-order valence-corrected chi connectivity index (χ4v) is 1.80. The highest BCUT2D eigenvalue weighted by Crippen LogP contribution is 2.20. The van der Waals surface area contributed by atoms with Crippen LogP contribution >= 0.6 is 15.9 Å². The summed E-state index contributed by atoms with van der Waals surface area (Å²) in [7, 11) is 0. The third-order valence-electron chi connectivity index (χ3n) is 2.05. The summed E-state index contributed by atoms with van der Waals surface area (Å²) < 4.78 is 14.0. The lowest BCUT2D eigenvalue weighted by Crippen LogP contribution is -2.09. The number of aromatic amines is 1. The summed E-state index contributed by atoms with van der Waals surface area (Å²) in [5.41, 5.74) is 0.581. The summed E-state index contributed by atoms with van der Waals surface area (Å²) in [5, 5.41) is 0.689. The summed E-state index contributed by atoms with van der Waals surface area (Å²) in [6.45, 7) is 1.69. The second-order valence-electron chi connectivity index (χ2n) is 3.13. The van der Waals surface area contributed by atoms with Crippen molar-refractivity contribution in [3.8, 4) is 0 Å². The number of hydrogen-bond acceptors (Lipinski definition) is 1. The van der Waals surface area contributed by atoms with Gasteiger partial charge in [-0.1, -0.05) is 15.9 Å². The number of rotatable bonds is 0. The molecule has 2 rings (SSSR count). The van der Waals surface area contributed by atoms with E-state index in [1.807, 2.05) is 0 Å². The topological polar surface area (TPSA) is 32.9 Å². The van der Waals surface area contributed by atoms with Gasteiger partial charge in [0.25, 0.3) is 5.56 Å². The van der Waals surface area contributed by atoms with Crippen molar-refractivity contribution in [3.05, 3.63) is 44.4 Å². The number of fused-ring (bicyclic) bond motifs is 1. The number of benzene rings is 1. The van der Waals surface area contributed by atoms with E-state index in [0.29, 0.717) is 15.4 Å². The Morgan fingerprint density at radius 2 is 2.07 bits per heavy atom. The smallest absolute Gasteiger partial charge is 0.251 e. The molecule has 1 N–H and O–H groups in total. The molecule has 1 aromatic heterocycles. The molecule has 2 nitrogen and oxygen atoms in total. The summed E-state index contributed by atoms with van der Waals surface area (Å²) in [6, 6.07) is 4.76. The van der Waals surface area contributed by atoms with Gasteiger partial charge in [-0.2, -0.15) is 0 Å². The van der Waals surface area contributed by atoms with Gasteiger partial charge in [-0.15, -0.1) is 0 Å². The van der Waals surface area contributed by atoms with E-state index >= 15 is 0 Å². The van der Waals surface area contributed by atoms with Crippen LogP contribution in [-0.4, -0.2) is 4.98 Å². The predicted molar refractivity (Wildman–Crippen MR) is 57.0 cm³/mol. The molecule has 0 saturated heterocycles. The molecule has 0 atom stereocenters. The van der Waals surface area contributed by atoms with E-state index < -0.39 is 5.82 Å². The van der Waals surface area contributed by atoms with Crippen LogP contribution < -0.4 is 5.56 Å². The molecule has 1 aromatic carbocycles. The van der Waals surface area contributed by atoms with Gasteiger partial charge < -0.3 is 4.98 Å². The van der Waals surface area contributed by atoms with E-state index in [1.165, 1.54) is 6.07 Å². The van der Waals surface area contributed by atoms with Gasteiger partial charge in [0.1, 0.15) is 5.82 Å². The number of pyridine rings is 1. The van der Waals surface area contributed by atoms with E-state index in [4.69, 9.17) is 0 Å². The number of aromatic nitrogens is 1. The molecule has 4 heteroatoms. The van der Waals surface area contributed by atoms with Crippen LogP contribution in [0, 0.1) is 12.7 Å². The molecule has 0 aliphatic rings. The number of hydrogen-bond donors (Lipinski definition) is 1. The van der Waals surface area contributed by atoms with Crippen molar-refractivity contribution in [3.63, 3.8) is 0 Å². The van der Waals surface area contributed by atoms with Crippen LogP contribution in [0.2, 0.25) is 0 Å². The van der Waals surface area contributed by atoms with Gasteiger partial charge in [0.2, 0.25) is 0 Å². The molecule has 0 aliphatic carbocycles. The molecule has 14 heavy (non-hydrogen) atoms. The van der Waals surface area contributed by atoms with Crippen molar-refractivity contribution in [2.24, 2.45) is 0 Å². The van der Waals surface area contributed by atoms with Gasteiger partial charge in [0.05, 0.1) is 5.52 Å². The molecule has 72 valence electrons. The van der Waals surface area contributed by atoms with E-state index in [-0.39, 0.29) is 11.1 Å². The van der Waals surface area contributed by atoms with Crippen LogP contribution in [-0.2, 0) is 0 Å². The van der Waals surface area contributed by atoms with Crippen LogP contribution in [0.1, 0.15) is 5.56 Å². The van der Waals surface area contributed by atoms with E-state index in [0.717, 1.165) is 0 Å². The Kier molecular flexibility index (Phi) is 2.15. The molecule has 0 unspecified atom stereocenters. The Bertz CT molecular complexity index is 562. The molecule has 0 saturated carbocycles. The number of nitrogens with one attached hydrogen (secondary N) is 1. The molecule has 1 heterocycles. The number of halogens is 2. The zero-order valence-electron chi connectivity index (χ0n) is 7.40. The third-order valence-corrected chi connectivity index (χ3v) is 2.51. The lowest BCUT2D eigenvalue weighted by atomic mass is 10.2. The molecule has 0 spiro atoms. The quantitative estimate of drug-likeness (QED) is 0.772. The maximum absolute atomic E-state index is 13.4. The van der Waals surface area contributed by atoms with Crippen LogP contribution in [0.15, 0.2) is 27.5 Å². The van der Waals surface area contributed by atoms with Crippen LogP contribution in [0.5, 0.6) is 0 Å². The van der Waals surface area contributed by atoms with Crippen molar-refractivity contribution < 1.29 is 4.39 Å². The lowest BCUT2D eigenvalue weighted by Gasteiger charge is -2.01. The first-order chi connectivity index (χ1) is 6.58. The Morgan fingerprint density at radius 1 is 1.36 bits per heavy atom. The first kappa shape index (κ1) is 9.40. The van der Waals surface area contributed by atoms with Crippen molar-refractivity contribution in [1.82, 2.24) is 4.98 Å². The van der Waals surface area contributed by atoms with Gasteiger partial charge in [-0.05, 0) is 25.1 Å². The molecule has 0 fully saturated rings. The van der Waals surface area contributed by atoms with Gasteiger partial charge in [-0.25, -0.2) is 4.39 Å². The van der Waals surface area contributed by atoms with Crippen molar-refractivity contribution in [1.29, 1.82) is 0 Å². The van der Waals surface area contributed by atoms with E-state index in [1.54, 1.807) is 19.1 Å². The lowest BCUT2D eigenvalue weighted by molar-refractivity contribution is 0.635. The van der Waals surface area contributed by atoms with E-state index in [2.05, 4.69) is 20.9 Å². The zero-order chi connectivity index (χ0) is 10.3. The fraction of sp³-hybridized carbons (Fsp3) is 0.100. The number of H-pyrrole nitrogens is 1. The Hall–Kier alpha value is -1.16. The first-order valence-electron chi connectivity index (χ1n) is 4.06. The van der Waals surface area contributed by atoms with E-state index in [9.17, 15) is 9.18 Å². The SMILES string of the molecule is Cc1cc2cc(Br)cc(F)c2[nH]c1=O. The zero-order valence-corrected chi connectivity index (χ0v) is 8.98. The second-order valence-corrected chi connectivity index (χ2v) is 4.05. The predicted octanol–water partition coefficient (Wildman–Crippen LogP) is 2.74. The highest BCUT2D eigenvalue weighted by atomic mass is 79.9. The van der Waals surface area contributed by atoms with Crippen molar-refractivity contribution >= 4 is 26.8 Å². The summed E-state index contributed by atoms with van der Waals surface area (Å²) in [6.07, 6.45) is 0. The van der Waals surface area contributed by atoms with Crippen LogP contribution in [0.3, 0.4) is 0 Å². The highest BCUT2D eigenvalue weighted by Gasteiger charge is 2.04. The minimum atomic E-state index is -0.425. The molecule has 0 aliphatic heterocycles.